The van der Waals surface area contributed by atoms with E-state index in [1.165, 1.54) is 11.0 Å². The summed E-state index contributed by atoms with van der Waals surface area (Å²) in [4.78, 5) is 14.5. The van der Waals surface area contributed by atoms with Gasteiger partial charge in [0.1, 0.15) is 19.0 Å². The van der Waals surface area contributed by atoms with Gasteiger partial charge < -0.3 is 14.4 Å². The minimum absolute atomic E-state index is 0.289. The lowest BCUT2D eigenvalue weighted by atomic mass is 9.98. The van der Waals surface area contributed by atoms with Crippen LogP contribution < -0.4 is 14.4 Å². The topological polar surface area (TPSA) is 38.8 Å². The van der Waals surface area contributed by atoms with E-state index in [0.29, 0.717) is 47.5 Å². The van der Waals surface area contributed by atoms with Crippen molar-refractivity contribution in [2.45, 2.75) is 19.8 Å². The molecule has 4 nitrogen and oxygen atoms in total. The van der Waals surface area contributed by atoms with E-state index in [4.69, 9.17) is 21.1 Å². The molecule has 0 saturated heterocycles. The fourth-order valence-corrected chi connectivity index (χ4v) is 3.70. The normalized spacial score (nSPS) is 15.7. The van der Waals surface area contributed by atoms with Crippen LogP contribution in [0.4, 0.5) is 10.1 Å². The molecule has 2 aromatic rings. The Morgan fingerprint density at radius 1 is 1.20 bits per heavy atom. The smallest absolute Gasteiger partial charge is 0.258 e. The largest absolute Gasteiger partial charge is 0.486 e. The summed E-state index contributed by atoms with van der Waals surface area (Å²) in [5.74, 6) is 0.239. The van der Waals surface area contributed by atoms with E-state index in [0.717, 1.165) is 24.0 Å². The number of nitrogens with zero attached hydrogens (tertiary/aromatic N) is 1. The van der Waals surface area contributed by atoms with Crippen LogP contribution in [0.3, 0.4) is 0 Å². The highest BCUT2D eigenvalue weighted by Crippen LogP contribution is 2.39. The number of fused-ring (bicyclic) bond motifs is 2. The van der Waals surface area contributed by atoms with Crippen LogP contribution in [0.5, 0.6) is 11.5 Å². The zero-order chi connectivity index (χ0) is 17.6. The van der Waals surface area contributed by atoms with Crippen molar-refractivity contribution in [3.05, 3.63) is 51.8 Å². The van der Waals surface area contributed by atoms with Crippen LogP contribution in [0.15, 0.2) is 24.3 Å². The van der Waals surface area contributed by atoms with E-state index in [-0.39, 0.29) is 11.7 Å². The standard InChI is InChI=1S/C19H17ClFNO3/c1-11-7-12-3-2-4-22(17(12)15(21)8-11)19(23)13-9-14(20)18-16(10-13)24-5-6-25-18/h7-10H,2-6H2,1H3. The first-order valence-corrected chi connectivity index (χ1v) is 8.62. The molecule has 2 aromatic carbocycles. The van der Waals surface area contributed by atoms with Gasteiger partial charge in [-0.15, -0.1) is 0 Å². The number of aryl methyl sites for hydroxylation is 2. The molecule has 2 heterocycles. The fourth-order valence-electron chi connectivity index (χ4n) is 3.43. The Bertz CT molecular complexity index is 868. The van der Waals surface area contributed by atoms with Gasteiger partial charge in [0, 0.05) is 12.1 Å². The highest BCUT2D eigenvalue weighted by atomic mass is 35.5. The number of anilines is 1. The zero-order valence-corrected chi connectivity index (χ0v) is 14.5. The molecule has 0 radical (unpaired) electrons. The van der Waals surface area contributed by atoms with E-state index < -0.39 is 0 Å². The van der Waals surface area contributed by atoms with Crippen LogP contribution in [0.1, 0.15) is 27.9 Å². The number of benzene rings is 2. The zero-order valence-electron chi connectivity index (χ0n) is 13.8. The predicted molar refractivity (Wildman–Crippen MR) is 93.6 cm³/mol. The number of hydrogen-bond donors (Lipinski definition) is 0. The van der Waals surface area contributed by atoms with Gasteiger partial charge in [0.2, 0.25) is 0 Å². The third-order valence-electron chi connectivity index (χ3n) is 4.47. The van der Waals surface area contributed by atoms with Crippen LogP contribution in [-0.2, 0) is 6.42 Å². The van der Waals surface area contributed by atoms with Crippen molar-refractivity contribution in [1.29, 1.82) is 0 Å². The van der Waals surface area contributed by atoms with E-state index in [1.807, 2.05) is 13.0 Å². The Morgan fingerprint density at radius 2 is 2.00 bits per heavy atom. The summed E-state index contributed by atoms with van der Waals surface area (Å²) in [7, 11) is 0. The van der Waals surface area contributed by atoms with Gasteiger partial charge in [-0.05, 0) is 49.1 Å². The first kappa shape index (κ1) is 16.2. The number of amides is 1. The Hall–Kier alpha value is -2.27. The average Bonchev–Trinajstić information content (AvgIpc) is 2.60. The van der Waals surface area contributed by atoms with Gasteiger partial charge in [0.25, 0.3) is 5.91 Å². The van der Waals surface area contributed by atoms with Gasteiger partial charge in [-0.25, -0.2) is 4.39 Å². The molecule has 0 spiro atoms. The summed E-state index contributed by atoms with van der Waals surface area (Å²) in [6.07, 6.45) is 1.56. The molecule has 2 aliphatic rings. The second-order valence-corrected chi connectivity index (χ2v) is 6.70. The molecule has 0 aliphatic carbocycles. The Morgan fingerprint density at radius 3 is 2.84 bits per heavy atom. The molecular weight excluding hydrogens is 345 g/mol. The summed E-state index contributed by atoms with van der Waals surface area (Å²) in [5.41, 5.74) is 2.45. The minimum atomic E-state index is -0.369. The van der Waals surface area contributed by atoms with E-state index >= 15 is 0 Å². The van der Waals surface area contributed by atoms with E-state index in [2.05, 4.69) is 0 Å². The first-order chi connectivity index (χ1) is 12.0. The number of rotatable bonds is 1. The Kier molecular flexibility index (Phi) is 4.04. The van der Waals surface area contributed by atoms with Crippen molar-refractivity contribution in [2.75, 3.05) is 24.7 Å². The average molecular weight is 362 g/mol. The SMILES string of the molecule is Cc1cc(F)c2c(c1)CCCN2C(=O)c1cc(Cl)c2c(c1)OCCO2. The molecule has 1 amide bonds. The Labute approximate surface area is 150 Å². The van der Waals surface area contributed by atoms with Crippen LogP contribution in [0, 0.1) is 12.7 Å². The lowest BCUT2D eigenvalue weighted by Crippen LogP contribution is -2.36. The third kappa shape index (κ3) is 2.82. The maximum absolute atomic E-state index is 14.5. The second kappa shape index (κ2) is 6.23. The highest BCUT2D eigenvalue weighted by molar-refractivity contribution is 6.33. The summed E-state index contributed by atoms with van der Waals surface area (Å²) in [5, 5.41) is 0.321. The number of carbonyl (C=O) groups is 1. The monoisotopic (exact) mass is 361 g/mol. The quantitative estimate of drug-likeness (QED) is 0.765. The van der Waals surface area contributed by atoms with Gasteiger partial charge >= 0.3 is 0 Å². The Balaban J connectivity index is 1.75. The van der Waals surface area contributed by atoms with Crippen molar-refractivity contribution in [3.63, 3.8) is 0 Å². The first-order valence-electron chi connectivity index (χ1n) is 8.24. The highest BCUT2D eigenvalue weighted by Gasteiger charge is 2.28. The summed E-state index contributed by atoms with van der Waals surface area (Å²) >= 11 is 6.23. The van der Waals surface area contributed by atoms with Gasteiger partial charge in [-0.1, -0.05) is 17.7 Å². The molecule has 6 heteroatoms. The van der Waals surface area contributed by atoms with E-state index in [1.54, 1.807) is 12.1 Å². The van der Waals surface area contributed by atoms with Gasteiger partial charge in [-0.2, -0.15) is 0 Å². The van der Waals surface area contributed by atoms with Gasteiger partial charge in [0.15, 0.2) is 11.5 Å². The maximum Gasteiger partial charge on any atom is 0.258 e. The van der Waals surface area contributed by atoms with Crippen LogP contribution in [0.2, 0.25) is 5.02 Å². The molecule has 0 atom stereocenters. The molecule has 0 fully saturated rings. The lowest BCUT2D eigenvalue weighted by molar-refractivity contribution is 0.0983. The summed E-state index contributed by atoms with van der Waals surface area (Å²) < 4.78 is 25.6. The minimum Gasteiger partial charge on any atom is -0.486 e. The molecule has 0 aromatic heterocycles. The number of carbonyl (C=O) groups excluding carboxylic acids is 1. The maximum atomic E-state index is 14.5. The molecule has 4 rings (SSSR count). The van der Waals surface area contributed by atoms with E-state index in [9.17, 15) is 9.18 Å². The molecule has 0 unspecified atom stereocenters. The number of hydrogen-bond acceptors (Lipinski definition) is 3. The molecular formula is C19H17ClFNO3. The van der Waals surface area contributed by atoms with Crippen molar-refractivity contribution in [3.8, 4) is 11.5 Å². The van der Waals surface area contributed by atoms with Gasteiger partial charge in [-0.3, -0.25) is 4.79 Å². The van der Waals surface area contributed by atoms with Crippen molar-refractivity contribution < 1.29 is 18.7 Å². The molecule has 0 N–H and O–H groups in total. The molecule has 0 saturated carbocycles. The molecule has 0 bridgehead atoms. The molecule has 2 aliphatic heterocycles. The predicted octanol–water partition coefficient (Wildman–Crippen LogP) is 4.15. The van der Waals surface area contributed by atoms with Crippen molar-refractivity contribution in [1.82, 2.24) is 0 Å². The second-order valence-electron chi connectivity index (χ2n) is 6.30. The van der Waals surface area contributed by atoms with Crippen LogP contribution >= 0.6 is 11.6 Å². The van der Waals surface area contributed by atoms with Crippen molar-refractivity contribution >= 4 is 23.2 Å². The third-order valence-corrected chi connectivity index (χ3v) is 4.75. The van der Waals surface area contributed by atoms with Crippen LogP contribution in [-0.4, -0.2) is 25.7 Å². The number of ether oxygens (including phenoxy) is 2. The molecule has 25 heavy (non-hydrogen) atoms. The van der Waals surface area contributed by atoms with Crippen molar-refractivity contribution in [2.24, 2.45) is 0 Å². The fraction of sp³-hybridized carbons (Fsp3) is 0.316. The van der Waals surface area contributed by atoms with Gasteiger partial charge in [0.05, 0.1) is 10.7 Å². The summed E-state index contributed by atoms with van der Waals surface area (Å²) in [6, 6.07) is 6.57. The lowest BCUT2D eigenvalue weighted by Gasteiger charge is -2.30. The summed E-state index contributed by atoms with van der Waals surface area (Å²) in [6.45, 7) is 3.15. The molecule has 130 valence electrons. The van der Waals surface area contributed by atoms with Crippen LogP contribution in [0.25, 0.3) is 0 Å². The number of halogens is 2.